The van der Waals surface area contributed by atoms with E-state index in [1.807, 2.05) is 57.4 Å². The van der Waals surface area contributed by atoms with Crippen LogP contribution in [-0.2, 0) is 19.0 Å². The van der Waals surface area contributed by atoms with E-state index in [9.17, 15) is 0 Å². The highest BCUT2D eigenvalue weighted by Crippen LogP contribution is 2.23. The molecular formula is C16H19N3. The van der Waals surface area contributed by atoms with Crippen LogP contribution in [-0.4, -0.2) is 4.57 Å². The van der Waals surface area contributed by atoms with E-state index in [-0.39, 0.29) is 0 Å². The topological polar surface area (TPSA) is 40.8 Å². The summed E-state index contributed by atoms with van der Waals surface area (Å²) in [5, 5.41) is 12.5. The molecule has 0 amide bonds. The molecule has 2 aromatic rings. The lowest BCUT2D eigenvalue weighted by Gasteiger charge is -2.16. The van der Waals surface area contributed by atoms with Crippen LogP contribution in [0.2, 0.25) is 0 Å². The molecule has 0 atom stereocenters. The fraction of sp³-hybridized carbons (Fsp3) is 0.312. The number of hydrogen-bond acceptors (Lipinski definition) is 2. The van der Waals surface area contributed by atoms with Gasteiger partial charge in [0.15, 0.2) is 0 Å². The molecule has 0 aliphatic heterocycles. The smallest absolute Gasteiger partial charge is 0.0766 e. The molecule has 19 heavy (non-hydrogen) atoms. The molecule has 0 saturated carbocycles. The Morgan fingerprint density at radius 1 is 1.21 bits per heavy atom. The molecule has 0 aliphatic carbocycles. The molecule has 0 aliphatic rings. The van der Waals surface area contributed by atoms with Crippen molar-refractivity contribution in [2.75, 3.05) is 5.32 Å². The molecule has 3 nitrogen and oxygen atoms in total. The van der Waals surface area contributed by atoms with Gasteiger partial charge in [-0.2, -0.15) is 5.26 Å². The van der Waals surface area contributed by atoms with Crippen LogP contribution in [0, 0.1) is 11.3 Å². The molecular weight excluding hydrogens is 234 g/mol. The first-order valence-electron chi connectivity index (χ1n) is 6.39. The number of nitrogens with zero attached hydrogens (tertiary/aromatic N) is 2. The molecule has 3 heteroatoms. The van der Waals surface area contributed by atoms with Gasteiger partial charge in [0.2, 0.25) is 0 Å². The lowest BCUT2D eigenvalue weighted by Crippen LogP contribution is -2.13. The molecule has 1 N–H and O–H groups in total. The van der Waals surface area contributed by atoms with Crippen molar-refractivity contribution in [2.24, 2.45) is 7.05 Å². The van der Waals surface area contributed by atoms with Crippen molar-refractivity contribution < 1.29 is 0 Å². The predicted molar refractivity (Wildman–Crippen MR) is 77.8 cm³/mol. The number of aromatic nitrogens is 1. The molecule has 0 saturated heterocycles. The first kappa shape index (κ1) is 13.2. The predicted octanol–water partition coefficient (Wildman–Crippen LogP) is 3.44. The van der Waals surface area contributed by atoms with Gasteiger partial charge >= 0.3 is 0 Å². The quantitative estimate of drug-likeness (QED) is 0.906. The summed E-state index contributed by atoms with van der Waals surface area (Å²) in [7, 11) is 2.04. The molecule has 1 heterocycles. The van der Waals surface area contributed by atoms with Gasteiger partial charge in [-0.3, -0.25) is 0 Å². The Morgan fingerprint density at radius 3 is 2.42 bits per heavy atom. The number of benzene rings is 1. The van der Waals surface area contributed by atoms with Gasteiger partial charge in [-0.1, -0.05) is 12.1 Å². The van der Waals surface area contributed by atoms with Gasteiger partial charge in [-0.15, -0.1) is 0 Å². The van der Waals surface area contributed by atoms with Crippen LogP contribution in [0.5, 0.6) is 0 Å². The Bertz CT molecular complexity index is 585. The number of anilines is 1. The summed E-state index contributed by atoms with van der Waals surface area (Å²) >= 11 is 0. The summed E-state index contributed by atoms with van der Waals surface area (Å²) in [4.78, 5) is 0. The third kappa shape index (κ3) is 2.97. The van der Waals surface area contributed by atoms with Gasteiger partial charge in [-0.05, 0) is 43.7 Å². The summed E-state index contributed by atoms with van der Waals surface area (Å²) in [5.41, 5.74) is 2.91. The minimum Gasteiger partial charge on any atom is -0.379 e. The molecule has 1 aromatic carbocycles. The fourth-order valence-electron chi connectivity index (χ4n) is 1.94. The molecule has 98 valence electrons. The van der Waals surface area contributed by atoms with Crippen LogP contribution in [0.15, 0.2) is 42.6 Å². The van der Waals surface area contributed by atoms with Crippen molar-refractivity contribution in [2.45, 2.75) is 25.8 Å². The number of rotatable bonds is 4. The van der Waals surface area contributed by atoms with Gasteiger partial charge < -0.3 is 9.88 Å². The lowest BCUT2D eigenvalue weighted by molar-refractivity contribution is 0.687. The molecule has 1 aromatic heterocycles. The summed E-state index contributed by atoms with van der Waals surface area (Å²) < 4.78 is 2.10. The number of hydrogen-bond donors (Lipinski definition) is 1. The summed E-state index contributed by atoms with van der Waals surface area (Å²) in [6.45, 7) is 4.66. The SMILES string of the molecule is Cn1cccc1CNc1ccc(C(C)(C)C#N)cc1. The van der Waals surface area contributed by atoms with E-state index in [0.717, 1.165) is 17.8 Å². The van der Waals surface area contributed by atoms with Gasteiger partial charge in [0.1, 0.15) is 0 Å². The Morgan fingerprint density at radius 2 is 1.89 bits per heavy atom. The highest BCUT2D eigenvalue weighted by molar-refractivity contribution is 5.47. The Kier molecular flexibility index (Phi) is 3.62. The third-order valence-electron chi connectivity index (χ3n) is 3.41. The molecule has 2 rings (SSSR count). The summed E-state index contributed by atoms with van der Waals surface area (Å²) in [6.07, 6.45) is 2.04. The van der Waals surface area contributed by atoms with E-state index in [1.165, 1.54) is 5.69 Å². The van der Waals surface area contributed by atoms with Crippen molar-refractivity contribution in [3.63, 3.8) is 0 Å². The van der Waals surface area contributed by atoms with Crippen LogP contribution in [0.1, 0.15) is 25.1 Å². The van der Waals surface area contributed by atoms with Crippen LogP contribution in [0.25, 0.3) is 0 Å². The average Bonchev–Trinajstić information content (AvgIpc) is 2.82. The van der Waals surface area contributed by atoms with Crippen molar-refractivity contribution in [3.8, 4) is 6.07 Å². The summed E-state index contributed by atoms with van der Waals surface area (Å²) in [6, 6.07) is 14.5. The maximum Gasteiger partial charge on any atom is 0.0766 e. The second-order valence-corrected chi connectivity index (χ2v) is 5.28. The van der Waals surface area contributed by atoms with E-state index in [4.69, 9.17) is 5.26 Å². The normalized spacial score (nSPS) is 11.1. The zero-order valence-electron chi connectivity index (χ0n) is 11.6. The van der Waals surface area contributed by atoms with Crippen molar-refractivity contribution >= 4 is 5.69 Å². The van der Waals surface area contributed by atoms with Crippen LogP contribution < -0.4 is 5.32 Å². The molecule has 0 unspecified atom stereocenters. The molecule has 0 radical (unpaired) electrons. The fourth-order valence-corrected chi connectivity index (χ4v) is 1.94. The van der Waals surface area contributed by atoms with Gasteiger partial charge in [0.05, 0.1) is 18.0 Å². The van der Waals surface area contributed by atoms with Crippen LogP contribution in [0.4, 0.5) is 5.69 Å². The largest absolute Gasteiger partial charge is 0.379 e. The number of aryl methyl sites for hydroxylation is 1. The molecule has 0 fully saturated rings. The standard InChI is InChI=1S/C16H19N3/c1-16(2,12-17)13-6-8-14(9-7-13)18-11-15-5-4-10-19(15)3/h4-10,18H,11H2,1-3H3. The zero-order valence-corrected chi connectivity index (χ0v) is 11.6. The highest BCUT2D eigenvalue weighted by atomic mass is 15.0. The van der Waals surface area contributed by atoms with Crippen molar-refractivity contribution in [1.82, 2.24) is 4.57 Å². The van der Waals surface area contributed by atoms with Crippen molar-refractivity contribution in [3.05, 3.63) is 53.9 Å². The maximum absolute atomic E-state index is 9.11. The van der Waals surface area contributed by atoms with Gasteiger partial charge in [-0.25, -0.2) is 0 Å². The highest BCUT2D eigenvalue weighted by Gasteiger charge is 2.18. The van der Waals surface area contributed by atoms with Crippen LogP contribution >= 0.6 is 0 Å². The van der Waals surface area contributed by atoms with Crippen molar-refractivity contribution in [1.29, 1.82) is 5.26 Å². The van der Waals surface area contributed by atoms with Gasteiger partial charge in [0.25, 0.3) is 0 Å². The first-order chi connectivity index (χ1) is 9.03. The third-order valence-corrected chi connectivity index (χ3v) is 3.41. The Balaban J connectivity index is 2.04. The molecule has 0 bridgehead atoms. The van der Waals surface area contributed by atoms with E-state index < -0.39 is 5.41 Å². The van der Waals surface area contributed by atoms with Crippen LogP contribution in [0.3, 0.4) is 0 Å². The molecule has 0 spiro atoms. The Hall–Kier alpha value is -2.21. The van der Waals surface area contributed by atoms with E-state index in [1.54, 1.807) is 0 Å². The van der Waals surface area contributed by atoms with E-state index >= 15 is 0 Å². The zero-order chi connectivity index (χ0) is 13.9. The second kappa shape index (κ2) is 5.19. The lowest BCUT2D eigenvalue weighted by atomic mass is 9.86. The average molecular weight is 253 g/mol. The van der Waals surface area contributed by atoms with E-state index in [0.29, 0.717) is 0 Å². The number of nitriles is 1. The second-order valence-electron chi connectivity index (χ2n) is 5.28. The minimum atomic E-state index is -0.434. The van der Waals surface area contributed by atoms with E-state index in [2.05, 4.69) is 22.0 Å². The minimum absolute atomic E-state index is 0.434. The first-order valence-corrected chi connectivity index (χ1v) is 6.39. The maximum atomic E-state index is 9.11. The Labute approximate surface area is 114 Å². The van der Waals surface area contributed by atoms with Gasteiger partial charge in [0, 0.05) is 24.6 Å². The monoisotopic (exact) mass is 253 g/mol. The number of nitrogens with one attached hydrogen (secondary N) is 1. The summed E-state index contributed by atoms with van der Waals surface area (Å²) in [5.74, 6) is 0.